The molecule has 18 heavy (non-hydrogen) atoms. The number of benzene rings is 1. The van der Waals surface area contributed by atoms with Crippen molar-refractivity contribution in [1.82, 2.24) is 4.98 Å². The van der Waals surface area contributed by atoms with Gasteiger partial charge in [-0.3, -0.25) is 0 Å². The summed E-state index contributed by atoms with van der Waals surface area (Å²) in [6.07, 6.45) is 1.66. The van der Waals surface area contributed by atoms with Gasteiger partial charge in [-0.05, 0) is 42.7 Å². The lowest BCUT2D eigenvalue weighted by Crippen LogP contribution is -2.00. The molecule has 2 aromatic rings. The van der Waals surface area contributed by atoms with Gasteiger partial charge in [0.25, 0.3) is 0 Å². The fourth-order valence-corrected chi connectivity index (χ4v) is 2.04. The van der Waals surface area contributed by atoms with Gasteiger partial charge in [0.15, 0.2) is 0 Å². The second kappa shape index (κ2) is 5.27. The van der Waals surface area contributed by atoms with E-state index in [0.717, 1.165) is 22.4 Å². The summed E-state index contributed by atoms with van der Waals surface area (Å²) in [5.41, 5.74) is 3.83. The van der Waals surface area contributed by atoms with E-state index in [1.165, 1.54) is 0 Å². The van der Waals surface area contributed by atoms with Crippen molar-refractivity contribution < 1.29 is 5.11 Å². The average molecular weight is 263 g/mol. The van der Waals surface area contributed by atoms with Gasteiger partial charge >= 0.3 is 0 Å². The van der Waals surface area contributed by atoms with E-state index in [1.807, 2.05) is 32.0 Å². The number of rotatable bonds is 3. The molecule has 0 spiro atoms. The number of pyridine rings is 1. The van der Waals surface area contributed by atoms with Gasteiger partial charge in [0, 0.05) is 18.4 Å². The molecule has 1 aromatic heterocycles. The van der Waals surface area contributed by atoms with E-state index in [9.17, 15) is 5.11 Å². The Kier molecular flexibility index (Phi) is 3.72. The second-order valence-electron chi connectivity index (χ2n) is 4.30. The van der Waals surface area contributed by atoms with E-state index in [1.54, 1.807) is 12.3 Å². The van der Waals surface area contributed by atoms with Gasteiger partial charge in [-0.15, -0.1) is 0 Å². The number of aryl methyl sites for hydroxylation is 2. The number of aromatic nitrogens is 1. The molecular formula is C14H15ClN2O. The molecule has 94 valence electrons. The molecule has 0 aliphatic carbocycles. The molecule has 0 atom stereocenters. The van der Waals surface area contributed by atoms with Crippen LogP contribution in [-0.2, 0) is 6.54 Å². The van der Waals surface area contributed by atoms with Crippen molar-refractivity contribution in [3.8, 4) is 5.75 Å². The number of nitrogens with zero attached hydrogens (tertiary/aromatic N) is 1. The molecule has 0 saturated heterocycles. The number of anilines is 1. The summed E-state index contributed by atoms with van der Waals surface area (Å²) in [6, 6.07) is 7.59. The van der Waals surface area contributed by atoms with Crippen LogP contribution in [0, 0.1) is 13.8 Å². The predicted octanol–water partition coefficient (Wildman–Crippen LogP) is 3.67. The number of aromatic hydroxyl groups is 1. The minimum absolute atomic E-state index is 0.366. The van der Waals surface area contributed by atoms with Gasteiger partial charge in [-0.25, -0.2) is 4.98 Å². The summed E-state index contributed by atoms with van der Waals surface area (Å²) in [4.78, 5) is 3.93. The number of phenolic OH excluding ortho intramolecular Hbond substituents is 1. The summed E-state index contributed by atoms with van der Waals surface area (Å²) in [5.74, 6) is 0.366. The van der Waals surface area contributed by atoms with E-state index in [4.69, 9.17) is 11.6 Å². The average Bonchev–Trinajstić information content (AvgIpc) is 2.33. The molecule has 1 aromatic carbocycles. The minimum atomic E-state index is 0.366. The van der Waals surface area contributed by atoms with E-state index in [2.05, 4.69) is 10.3 Å². The third-order valence-corrected chi connectivity index (χ3v) is 2.98. The maximum Gasteiger partial charge on any atom is 0.131 e. The zero-order valence-corrected chi connectivity index (χ0v) is 11.1. The van der Waals surface area contributed by atoms with Gasteiger partial charge in [-0.2, -0.15) is 0 Å². The fraction of sp³-hybridized carbons (Fsp3) is 0.214. The highest BCUT2D eigenvalue weighted by molar-refractivity contribution is 6.29. The molecular weight excluding hydrogens is 248 g/mol. The molecule has 1 heterocycles. The van der Waals surface area contributed by atoms with Crippen LogP contribution in [0.4, 0.5) is 5.69 Å². The van der Waals surface area contributed by atoms with Crippen LogP contribution in [0.15, 0.2) is 30.5 Å². The van der Waals surface area contributed by atoms with E-state index in [0.29, 0.717) is 17.4 Å². The first-order valence-electron chi connectivity index (χ1n) is 5.71. The normalized spacial score (nSPS) is 10.4. The lowest BCUT2D eigenvalue weighted by molar-refractivity contribution is 0.466. The quantitative estimate of drug-likeness (QED) is 0.830. The van der Waals surface area contributed by atoms with Gasteiger partial charge in [0.05, 0.1) is 0 Å². The molecule has 2 rings (SSSR count). The first-order chi connectivity index (χ1) is 8.56. The maximum absolute atomic E-state index is 9.71. The maximum atomic E-state index is 9.71. The molecule has 0 bridgehead atoms. The molecule has 3 nitrogen and oxygen atoms in total. The Balaban J connectivity index is 2.11. The number of hydrogen-bond acceptors (Lipinski definition) is 3. The molecule has 0 radical (unpaired) electrons. The summed E-state index contributed by atoms with van der Waals surface area (Å²) >= 11 is 5.81. The van der Waals surface area contributed by atoms with Crippen molar-refractivity contribution in [3.63, 3.8) is 0 Å². The summed E-state index contributed by atoms with van der Waals surface area (Å²) in [7, 11) is 0. The SMILES string of the molecule is Cc1cc(CNc2ccnc(Cl)c2)cc(C)c1O. The Labute approximate surface area is 111 Å². The largest absolute Gasteiger partial charge is 0.507 e. The van der Waals surface area contributed by atoms with Crippen LogP contribution in [0.1, 0.15) is 16.7 Å². The number of phenols is 1. The standard InChI is InChI=1S/C14H15ClN2O/c1-9-5-11(6-10(2)14(9)18)8-17-12-3-4-16-13(15)7-12/h3-7,18H,8H2,1-2H3,(H,16,17). The Morgan fingerprint density at radius 3 is 2.50 bits per heavy atom. The van der Waals surface area contributed by atoms with Gasteiger partial charge < -0.3 is 10.4 Å². The highest BCUT2D eigenvalue weighted by Gasteiger charge is 2.03. The summed E-state index contributed by atoms with van der Waals surface area (Å²) in [5, 5.41) is 13.4. The van der Waals surface area contributed by atoms with Crippen molar-refractivity contribution >= 4 is 17.3 Å². The van der Waals surface area contributed by atoms with E-state index >= 15 is 0 Å². The third-order valence-electron chi connectivity index (χ3n) is 2.77. The van der Waals surface area contributed by atoms with Crippen LogP contribution in [0.3, 0.4) is 0 Å². The first kappa shape index (κ1) is 12.7. The van der Waals surface area contributed by atoms with E-state index in [-0.39, 0.29) is 0 Å². The number of halogens is 1. The molecule has 0 amide bonds. The molecule has 0 fully saturated rings. The molecule has 4 heteroatoms. The first-order valence-corrected chi connectivity index (χ1v) is 6.08. The summed E-state index contributed by atoms with van der Waals surface area (Å²) in [6.45, 7) is 4.48. The lowest BCUT2D eigenvalue weighted by Gasteiger charge is -2.10. The Morgan fingerprint density at radius 1 is 1.22 bits per heavy atom. The molecule has 0 unspecified atom stereocenters. The lowest BCUT2D eigenvalue weighted by atomic mass is 10.1. The van der Waals surface area contributed by atoms with Crippen LogP contribution in [0.2, 0.25) is 5.15 Å². The van der Waals surface area contributed by atoms with Gasteiger partial charge in [0.1, 0.15) is 10.9 Å². The number of nitrogens with one attached hydrogen (secondary N) is 1. The number of hydrogen-bond donors (Lipinski definition) is 2. The van der Waals surface area contributed by atoms with Crippen LogP contribution < -0.4 is 5.32 Å². The highest BCUT2D eigenvalue weighted by atomic mass is 35.5. The molecule has 2 N–H and O–H groups in total. The Bertz CT molecular complexity index is 546. The topological polar surface area (TPSA) is 45.2 Å². The van der Waals surface area contributed by atoms with E-state index < -0.39 is 0 Å². The minimum Gasteiger partial charge on any atom is -0.507 e. The van der Waals surface area contributed by atoms with Crippen LogP contribution >= 0.6 is 11.6 Å². The third kappa shape index (κ3) is 2.93. The highest BCUT2D eigenvalue weighted by Crippen LogP contribution is 2.23. The van der Waals surface area contributed by atoms with Crippen molar-refractivity contribution in [2.45, 2.75) is 20.4 Å². The van der Waals surface area contributed by atoms with Crippen LogP contribution in [0.5, 0.6) is 5.75 Å². The zero-order valence-electron chi connectivity index (χ0n) is 10.4. The summed E-state index contributed by atoms with van der Waals surface area (Å²) < 4.78 is 0. The second-order valence-corrected chi connectivity index (χ2v) is 4.69. The molecule has 0 aliphatic rings. The van der Waals surface area contributed by atoms with Crippen molar-refractivity contribution in [2.75, 3.05) is 5.32 Å². The smallest absolute Gasteiger partial charge is 0.131 e. The Hall–Kier alpha value is -1.74. The Morgan fingerprint density at radius 2 is 1.89 bits per heavy atom. The van der Waals surface area contributed by atoms with Crippen molar-refractivity contribution in [3.05, 3.63) is 52.3 Å². The zero-order chi connectivity index (χ0) is 13.1. The molecule has 0 saturated carbocycles. The van der Waals surface area contributed by atoms with Gasteiger partial charge in [0.2, 0.25) is 0 Å². The van der Waals surface area contributed by atoms with Gasteiger partial charge in [-0.1, -0.05) is 23.7 Å². The van der Waals surface area contributed by atoms with Crippen molar-refractivity contribution in [2.24, 2.45) is 0 Å². The van der Waals surface area contributed by atoms with Crippen LogP contribution in [0.25, 0.3) is 0 Å². The predicted molar refractivity (Wildman–Crippen MR) is 74.2 cm³/mol. The van der Waals surface area contributed by atoms with Crippen LogP contribution in [-0.4, -0.2) is 10.1 Å². The fourth-order valence-electron chi connectivity index (χ4n) is 1.86. The monoisotopic (exact) mass is 262 g/mol. The molecule has 0 aliphatic heterocycles. The van der Waals surface area contributed by atoms with Crippen molar-refractivity contribution in [1.29, 1.82) is 0 Å².